The lowest BCUT2D eigenvalue weighted by Gasteiger charge is -2.28. The highest BCUT2D eigenvalue weighted by Gasteiger charge is 2.30. The number of likely N-dealkylation sites (N-methyl/N-ethyl adjacent to an activating group) is 1. The molecule has 162 valence electrons. The molecule has 31 heavy (non-hydrogen) atoms. The lowest BCUT2D eigenvalue weighted by Crippen LogP contribution is -2.42. The minimum absolute atomic E-state index is 0.0651. The van der Waals surface area contributed by atoms with Crippen molar-refractivity contribution in [2.45, 2.75) is 11.8 Å². The van der Waals surface area contributed by atoms with Gasteiger partial charge in [-0.1, -0.05) is 47.5 Å². The van der Waals surface area contributed by atoms with Gasteiger partial charge < -0.3 is 9.64 Å². The fraction of sp³-hybridized carbons (Fsp3) is 0.174. The summed E-state index contributed by atoms with van der Waals surface area (Å²) >= 11 is 6.16. The number of hydrogen-bond donors (Lipinski definition) is 0. The predicted octanol–water partition coefficient (Wildman–Crippen LogP) is 4.52. The maximum absolute atomic E-state index is 13.6. The van der Waals surface area contributed by atoms with Crippen molar-refractivity contribution in [2.24, 2.45) is 0 Å². The van der Waals surface area contributed by atoms with Crippen molar-refractivity contribution >= 4 is 38.9 Å². The van der Waals surface area contributed by atoms with Gasteiger partial charge in [-0.25, -0.2) is 8.42 Å². The molecule has 0 bridgehead atoms. The van der Waals surface area contributed by atoms with Crippen LogP contribution in [0.25, 0.3) is 0 Å². The Morgan fingerprint density at radius 3 is 2.26 bits per heavy atom. The first kappa shape index (κ1) is 22.7. The van der Waals surface area contributed by atoms with E-state index in [1.165, 1.54) is 30.2 Å². The van der Waals surface area contributed by atoms with E-state index in [1.807, 2.05) is 13.0 Å². The van der Waals surface area contributed by atoms with Gasteiger partial charge in [0.25, 0.3) is 10.0 Å². The second kappa shape index (κ2) is 9.41. The Labute approximate surface area is 187 Å². The maximum Gasteiger partial charge on any atom is 0.264 e. The average molecular weight is 459 g/mol. The van der Waals surface area contributed by atoms with Crippen molar-refractivity contribution in [2.75, 3.05) is 29.9 Å². The number of rotatable bonds is 7. The zero-order valence-corrected chi connectivity index (χ0v) is 19.0. The van der Waals surface area contributed by atoms with Crippen LogP contribution in [0.5, 0.6) is 5.75 Å². The van der Waals surface area contributed by atoms with Crippen molar-refractivity contribution in [3.63, 3.8) is 0 Å². The molecule has 3 aromatic carbocycles. The third-order valence-electron chi connectivity index (χ3n) is 4.82. The number of anilines is 2. The predicted molar refractivity (Wildman–Crippen MR) is 124 cm³/mol. The van der Waals surface area contributed by atoms with E-state index in [1.54, 1.807) is 55.6 Å². The van der Waals surface area contributed by atoms with E-state index in [0.29, 0.717) is 10.7 Å². The normalized spacial score (nSPS) is 11.1. The van der Waals surface area contributed by atoms with Gasteiger partial charge in [0.15, 0.2) is 0 Å². The molecule has 3 aromatic rings. The molecule has 0 spiro atoms. The highest BCUT2D eigenvalue weighted by Crippen LogP contribution is 2.35. The second-order valence-electron chi connectivity index (χ2n) is 6.93. The Hall–Kier alpha value is -3.03. The summed E-state index contributed by atoms with van der Waals surface area (Å²) in [6.45, 7) is 1.44. The van der Waals surface area contributed by atoms with E-state index in [0.717, 1.165) is 9.87 Å². The molecule has 0 radical (unpaired) electrons. The Morgan fingerprint density at radius 1 is 1.00 bits per heavy atom. The van der Waals surface area contributed by atoms with Crippen LogP contribution in [-0.4, -0.2) is 35.0 Å². The Morgan fingerprint density at radius 2 is 1.65 bits per heavy atom. The quantitative estimate of drug-likeness (QED) is 0.522. The Balaban J connectivity index is 2.08. The summed E-state index contributed by atoms with van der Waals surface area (Å²) in [6, 6.07) is 20.1. The van der Waals surface area contributed by atoms with Crippen LogP contribution >= 0.6 is 11.6 Å². The fourth-order valence-electron chi connectivity index (χ4n) is 3.02. The molecule has 0 aliphatic rings. The molecule has 0 aliphatic carbocycles. The van der Waals surface area contributed by atoms with E-state index in [9.17, 15) is 13.2 Å². The van der Waals surface area contributed by atoms with Gasteiger partial charge in [0.1, 0.15) is 12.3 Å². The van der Waals surface area contributed by atoms with Crippen LogP contribution in [0.1, 0.15) is 5.56 Å². The average Bonchev–Trinajstić information content (AvgIpc) is 2.77. The first-order valence-corrected chi connectivity index (χ1v) is 11.3. The molecule has 3 rings (SSSR count). The van der Waals surface area contributed by atoms with E-state index in [4.69, 9.17) is 16.3 Å². The van der Waals surface area contributed by atoms with Crippen LogP contribution in [0, 0.1) is 6.92 Å². The molecular weight excluding hydrogens is 436 g/mol. The summed E-state index contributed by atoms with van der Waals surface area (Å²) < 4.78 is 33.5. The zero-order valence-electron chi connectivity index (χ0n) is 17.4. The molecule has 0 fully saturated rings. The highest BCUT2D eigenvalue weighted by molar-refractivity contribution is 7.92. The Bertz CT molecular complexity index is 1170. The van der Waals surface area contributed by atoms with Crippen LogP contribution in [0.3, 0.4) is 0 Å². The van der Waals surface area contributed by atoms with Gasteiger partial charge in [0.2, 0.25) is 5.91 Å². The van der Waals surface area contributed by atoms with Gasteiger partial charge >= 0.3 is 0 Å². The monoisotopic (exact) mass is 458 g/mol. The number of ether oxygens (including phenoxy) is 1. The molecule has 0 heterocycles. The smallest absolute Gasteiger partial charge is 0.264 e. The number of carbonyl (C=O) groups is 1. The van der Waals surface area contributed by atoms with Crippen LogP contribution in [0.15, 0.2) is 77.7 Å². The summed E-state index contributed by atoms with van der Waals surface area (Å²) in [5, 5.41) is 0.323. The first-order chi connectivity index (χ1) is 14.7. The minimum Gasteiger partial charge on any atom is -0.495 e. The number of para-hydroxylation sites is 1. The van der Waals surface area contributed by atoms with Crippen molar-refractivity contribution in [3.05, 3.63) is 83.4 Å². The molecule has 6 nitrogen and oxygen atoms in total. The van der Waals surface area contributed by atoms with E-state index in [2.05, 4.69) is 0 Å². The van der Waals surface area contributed by atoms with Crippen LogP contribution in [0.2, 0.25) is 5.02 Å². The molecule has 0 N–H and O–H groups in total. The summed E-state index contributed by atoms with van der Waals surface area (Å²) in [5.74, 6) is -0.126. The van der Waals surface area contributed by atoms with Gasteiger partial charge in [-0.05, 0) is 49.4 Å². The molecule has 8 heteroatoms. The Kier molecular flexibility index (Phi) is 6.87. The second-order valence-corrected chi connectivity index (χ2v) is 9.23. The standard InChI is InChI=1S/C23H23ClN2O4S/c1-17-9-12-20(13-10-17)31(28,29)26(21-15-18(24)11-14-22(21)30-3)16-23(27)25(2)19-7-5-4-6-8-19/h4-15H,16H2,1-3H3. The fourth-order valence-corrected chi connectivity index (χ4v) is 4.60. The largest absolute Gasteiger partial charge is 0.495 e. The van der Waals surface area contributed by atoms with Gasteiger partial charge in [-0.15, -0.1) is 0 Å². The minimum atomic E-state index is -4.08. The van der Waals surface area contributed by atoms with Crippen molar-refractivity contribution < 1.29 is 17.9 Å². The number of halogens is 1. The third kappa shape index (κ3) is 5.00. The van der Waals surface area contributed by atoms with Crippen LogP contribution in [0.4, 0.5) is 11.4 Å². The highest BCUT2D eigenvalue weighted by atomic mass is 35.5. The molecule has 1 amide bonds. The van der Waals surface area contributed by atoms with E-state index in [-0.39, 0.29) is 16.3 Å². The van der Waals surface area contributed by atoms with Crippen molar-refractivity contribution in [3.8, 4) is 5.75 Å². The summed E-state index contributed by atoms with van der Waals surface area (Å²) in [5.41, 5.74) is 1.76. The molecule has 0 aliphatic heterocycles. The van der Waals surface area contributed by atoms with Crippen LogP contribution in [-0.2, 0) is 14.8 Å². The summed E-state index contributed by atoms with van der Waals surface area (Å²) in [6.07, 6.45) is 0. The zero-order chi connectivity index (χ0) is 22.6. The number of benzene rings is 3. The number of sulfonamides is 1. The van der Waals surface area contributed by atoms with Crippen LogP contribution < -0.4 is 13.9 Å². The van der Waals surface area contributed by atoms with Gasteiger partial charge in [0, 0.05) is 17.8 Å². The number of amides is 1. The lowest BCUT2D eigenvalue weighted by atomic mass is 10.2. The summed E-state index contributed by atoms with van der Waals surface area (Å²) in [7, 11) is -1.05. The molecular formula is C23H23ClN2O4S. The molecule has 0 atom stereocenters. The van der Waals surface area contributed by atoms with Crippen molar-refractivity contribution in [1.82, 2.24) is 0 Å². The molecule has 0 unspecified atom stereocenters. The molecule has 0 aromatic heterocycles. The number of aryl methyl sites for hydroxylation is 1. The first-order valence-electron chi connectivity index (χ1n) is 9.48. The molecule has 0 saturated carbocycles. The third-order valence-corrected chi connectivity index (χ3v) is 6.82. The topological polar surface area (TPSA) is 66.9 Å². The maximum atomic E-state index is 13.6. The molecule has 0 saturated heterocycles. The van der Waals surface area contributed by atoms with Gasteiger partial charge in [-0.3, -0.25) is 9.10 Å². The van der Waals surface area contributed by atoms with E-state index >= 15 is 0 Å². The number of hydrogen-bond acceptors (Lipinski definition) is 4. The SMILES string of the molecule is COc1ccc(Cl)cc1N(CC(=O)N(C)c1ccccc1)S(=O)(=O)c1ccc(C)cc1. The van der Waals surface area contributed by atoms with Gasteiger partial charge in [0.05, 0.1) is 17.7 Å². The van der Waals surface area contributed by atoms with Gasteiger partial charge in [-0.2, -0.15) is 0 Å². The number of nitrogens with zero attached hydrogens (tertiary/aromatic N) is 2. The number of carbonyl (C=O) groups excluding carboxylic acids is 1. The summed E-state index contributed by atoms with van der Waals surface area (Å²) in [4.78, 5) is 14.6. The lowest BCUT2D eigenvalue weighted by molar-refractivity contribution is -0.116. The van der Waals surface area contributed by atoms with Crippen molar-refractivity contribution in [1.29, 1.82) is 0 Å². The van der Waals surface area contributed by atoms with E-state index < -0.39 is 22.5 Å². The number of methoxy groups -OCH3 is 1.